The lowest BCUT2D eigenvalue weighted by Crippen LogP contribution is -2.49. The van der Waals surface area contributed by atoms with Crippen LogP contribution in [0.3, 0.4) is 0 Å². The molecular weight excluding hydrogens is 284 g/mol. The summed E-state index contributed by atoms with van der Waals surface area (Å²) in [6.07, 6.45) is 14.5. The van der Waals surface area contributed by atoms with E-state index in [2.05, 4.69) is 19.9 Å². The maximum Gasteiger partial charge on any atom is 0.302 e. The van der Waals surface area contributed by atoms with Crippen LogP contribution < -0.4 is 0 Å². The van der Waals surface area contributed by atoms with Crippen LogP contribution in [0.1, 0.15) is 78.6 Å². The second-order valence-corrected chi connectivity index (χ2v) is 9.32. The van der Waals surface area contributed by atoms with E-state index >= 15 is 0 Å². The minimum atomic E-state index is -0.118. The summed E-state index contributed by atoms with van der Waals surface area (Å²) >= 11 is 0. The number of fused-ring (bicyclic) bond motifs is 5. The maximum atomic E-state index is 11.3. The molecule has 4 aliphatic rings. The summed E-state index contributed by atoms with van der Waals surface area (Å²) in [6.45, 7) is 6.64. The second-order valence-electron chi connectivity index (χ2n) is 9.32. The summed E-state index contributed by atoms with van der Waals surface area (Å²) in [7, 11) is 0. The SMILES string of the molecule is CC(=O)OC1CC[C@@]2(C)C(=CC[C@H]3[C@@H]4CCC[C@@]4(C)CC[C@@H]32)C1. The average Bonchev–Trinajstić information content (AvgIpc) is 2.89. The lowest BCUT2D eigenvalue weighted by Gasteiger charge is -2.57. The monoisotopic (exact) mass is 316 g/mol. The van der Waals surface area contributed by atoms with E-state index < -0.39 is 0 Å². The molecule has 6 atom stereocenters. The van der Waals surface area contributed by atoms with Gasteiger partial charge in [-0.15, -0.1) is 0 Å². The zero-order valence-corrected chi connectivity index (χ0v) is 15.1. The highest BCUT2D eigenvalue weighted by Crippen LogP contribution is 2.64. The van der Waals surface area contributed by atoms with E-state index in [1.54, 1.807) is 12.5 Å². The number of hydrogen-bond acceptors (Lipinski definition) is 2. The third kappa shape index (κ3) is 2.39. The van der Waals surface area contributed by atoms with Crippen LogP contribution in [0.15, 0.2) is 11.6 Å². The van der Waals surface area contributed by atoms with Gasteiger partial charge in [0.05, 0.1) is 0 Å². The highest BCUT2D eigenvalue weighted by atomic mass is 16.5. The molecule has 3 fully saturated rings. The molecule has 128 valence electrons. The fourth-order valence-electron chi connectivity index (χ4n) is 6.96. The van der Waals surface area contributed by atoms with Crippen molar-refractivity contribution in [3.8, 4) is 0 Å². The Balaban J connectivity index is 1.58. The minimum absolute atomic E-state index is 0.118. The molecule has 1 unspecified atom stereocenters. The first-order valence-electron chi connectivity index (χ1n) is 9.79. The Morgan fingerprint density at radius 2 is 1.96 bits per heavy atom. The van der Waals surface area contributed by atoms with Gasteiger partial charge in [0.2, 0.25) is 0 Å². The number of carbonyl (C=O) groups is 1. The van der Waals surface area contributed by atoms with E-state index in [1.807, 2.05) is 0 Å². The molecule has 0 amide bonds. The Morgan fingerprint density at radius 1 is 1.13 bits per heavy atom. The van der Waals surface area contributed by atoms with Gasteiger partial charge in [0, 0.05) is 13.3 Å². The van der Waals surface area contributed by atoms with Gasteiger partial charge in [-0.1, -0.05) is 31.9 Å². The number of carbonyl (C=O) groups excluding carboxylic acids is 1. The Morgan fingerprint density at radius 3 is 2.74 bits per heavy atom. The van der Waals surface area contributed by atoms with Gasteiger partial charge in [-0.3, -0.25) is 4.79 Å². The van der Waals surface area contributed by atoms with Crippen molar-refractivity contribution in [2.24, 2.45) is 28.6 Å². The standard InChI is InChI=1S/C21H32O2/c1-14(22)23-16-8-12-21(3)15(13-16)6-7-17-18-5-4-10-20(18,2)11-9-19(17)21/h6,16-19H,4-5,7-13H2,1-3H3/t16?,17-,18-,19-,20-,21-/m0/s1. The summed E-state index contributed by atoms with van der Waals surface area (Å²) in [5.41, 5.74) is 2.62. The van der Waals surface area contributed by atoms with Gasteiger partial charge < -0.3 is 4.74 Å². The van der Waals surface area contributed by atoms with E-state index in [9.17, 15) is 4.79 Å². The summed E-state index contributed by atoms with van der Waals surface area (Å²) < 4.78 is 5.53. The lowest BCUT2D eigenvalue weighted by atomic mass is 9.48. The zero-order chi connectivity index (χ0) is 16.2. The summed E-state index contributed by atoms with van der Waals surface area (Å²) in [4.78, 5) is 11.3. The molecule has 0 aromatic rings. The molecular formula is C21H32O2. The van der Waals surface area contributed by atoms with Crippen molar-refractivity contribution in [3.05, 3.63) is 11.6 Å². The lowest BCUT2D eigenvalue weighted by molar-refractivity contribution is -0.148. The van der Waals surface area contributed by atoms with E-state index in [-0.39, 0.29) is 12.1 Å². The summed E-state index contributed by atoms with van der Waals surface area (Å²) in [5.74, 6) is 2.63. The first-order valence-corrected chi connectivity index (χ1v) is 9.79. The number of esters is 1. The molecule has 2 heteroatoms. The number of rotatable bonds is 1. The first kappa shape index (κ1) is 15.7. The molecule has 4 aliphatic carbocycles. The van der Waals surface area contributed by atoms with E-state index in [4.69, 9.17) is 4.74 Å². The molecule has 0 heterocycles. The van der Waals surface area contributed by atoms with E-state index in [0.717, 1.165) is 30.6 Å². The molecule has 0 aromatic heterocycles. The highest BCUT2D eigenvalue weighted by Gasteiger charge is 2.55. The average molecular weight is 316 g/mol. The summed E-state index contributed by atoms with van der Waals surface area (Å²) in [6, 6.07) is 0. The quantitative estimate of drug-likeness (QED) is 0.486. The second kappa shape index (κ2) is 5.36. The molecule has 0 aromatic carbocycles. The molecule has 23 heavy (non-hydrogen) atoms. The molecule has 0 N–H and O–H groups in total. The predicted molar refractivity (Wildman–Crippen MR) is 91.9 cm³/mol. The molecule has 0 saturated heterocycles. The van der Waals surface area contributed by atoms with E-state index in [0.29, 0.717) is 10.8 Å². The first-order chi connectivity index (χ1) is 10.9. The van der Waals surface area contributed by atoms with Crippen LogP contribution >= 0.6 is 0 Å². The normalized spacial score (nSPS) is 48.7. The third-order valence-corrected chi connectivity index (χ3v) is 8.17. The van der Waals surface area contributed by atoms with Crippen LogP contribution in [0.5, 0.6) is 0 Å². The smallest absolute Gasteiger partial charge is 0.302 e. The van der Waals surface area contributed by atoms with Crippen molar-refractivity contribution < 1.29 is 9.53 Å². The van der Waals surface area contributed by atoms with Gasteiger partial charge in [-0.05, 0) is 73.5 Å². The van der Waals surface area contributed by atoms with Gasteiger partial charge in [0.15, 0.2) is 0 Å². The molecule has 0 bridgehead atoms. The van der Waals surface area contributed by atoms with Gasteiger partial charge in [-0.25, -0.2) is 0 Å². The zero-order valence-electron chi connectivity index (χ0n) is 15.1. The fourth-order valence-corrected chi connectivity index (χ4v) is 6.96. The molecule has 0 radical (unpaired) electrons. The largest absolute Gasteiger partial charge is 0.462 e. The van der Waals surface area contributed by atoms with Gasteiger partial charge >= 0.3 is 5.97 Å². The molecule has 0 aliphatic heterocycles. The topological polar surface area (TPSA) is 26.3 Å². The molecule has 2 nitrogen and oxygen atoms in total. The van der Waals surface area contributed by atoms with Gasteiger partial charge in [0.25, 0.3) is 0 Å². The van der Waals surface area contributed by atoms with Crippen molar-refractivity contribution in [2.75, 3.05) is 0 Å². The maximum absolute atomic E-state index is 11.3. The Labute approximate surface area is 141 Å². The van der Waals surface area contributed by atoms with Crippen molar-refractivity contribution in [1.29, 1.82) is 0 Å². The van der Waals surface area contributed by atoms with Crippen LogP contribution in [0.4, 0.5) is 0 Å². The Hall–Kier alpha value is -0.790. The van der Waals surface area contributed by atoms with Crippen molar-refractivity contribution >= 4 is 5.97 Å². The molecule has 0 spiro atoms. The molecule has 4 rings (SSSR count). The number of hydrogen-bond donors (Lipinski definition) is 0. The summed E-state index contributed by atoms with van der Waals surface area (Å²) in [5, 5.41) is 0. The highest BCUT2D eigenvalue weighted by molar-refractivity contribution is 5.66. The molecule has 3 saturated carbocycles. The van der Waals surface area contributed by atoms with Crippen LogP contribution in [-0.2, 0) is 9.53 Å². The predicted octanol–water partition coefficient (Wildman–Crippen LogP) is 5.27. The Bertz CT molecular complexity index is 536. The van der Waals surface area contributed by atoms with Crippen LogP contribution in [0, 0.1) is 28.6 Å². The van der Waals surface area contributed by atoms with Crippen molar-refractivity contribution in [3.63, 3.8) is 0 Å². The Kier molecular flexibility index (Phi) is 3.66. The van der Waals surface area contributed by atoms with Crippen LogP contribution in [0.2, 0.25) is 0 Å². The van der Waals surface area contributed by atoms with Gasteiger partial charge in [0.1, 0.15) is 6.10 Å². The van der Waals surface area contributed by atoms with Crippen molar-refractivity contribution in [2.45, 2.75) is 84.7 Å². The number of allylic oxidation sites excluding steroid dienone is 1. The van der Waals surface area contributed by atoms with Gasteiger partial charge in [-0.2, -0.15) is 0 Å². The number of ether oxygens (including phenoxy) is 1. The minimum Gasteiger partial charge on any atom is -0.462 e. The van der Waals surface area contributed by atoms with E-state index in [1.165, 1.54) is 44.9 Å². The van der Waals surface area contributed by atoms with Crippen LogP contribution in [-0.4, -0.2) is 12.1 Å². The van der Waals surface area contributed by atoms with Crippen LogP contribution in [0.25, 0.3) is 0 Å². The van der Waals surface area contributed by atoms with Crippen molar-refractivity contribution in [1.82, 2.24) is 0 Å². The third-order valence-electron chi connectivity index (χ3n) is 8.17. The fraction of sp³-hybridized carbons (Fsp3) is 0.857.